The summed E-state index contributed by atoms with van der Waals surface area (Å²) in [5.74, 6) is -0.830. The van der Waals surface area contributed by atoms with E-state index in [9.17, 15) is 22.8 Å². The van der Waals surface area contributed by atoms with Crippen LogP contribution in [0, 0.1) is 6.92 Å². The predicted molar refractivity (Wildman–Crippen MR) is 154 cm³/mol. The van der Waals surface area contributed by atoms with Crippen molar-refractivity contribution in [1.29, 1.82) is 0 Å². The summed E-state index contributed by atoms with van der Waals surface area (Å²) < 4.78 is 43.9. The van der Waals surface area contributed by atoms with Gasteiger partial charge in [-0.3, -0.25) is 9.59 Å². The average Bonchev–Trinajstić information content (AvgIpc) is 3.43. The van der Waals surface area contributed by atoms with E-state index in [2.05, 4.69) is 0 Å². The van der Waals surface area contributed by atoms with Crippen LogP contribution in [0.15, 0.2) is 109 Å². The zero-order valence-corrected chi connectivity index (χ0v) is 21.7. The quantitative estimate of drug-likeness (QED) is 0.209. The monoisotopic (exact) mass is 546 g/mol. The molecule has 4 nitrogen and oxygen atoms in total. The number of fused-ring (bicyclic) bond motifs is 4. The Kier molecular flexibility index (Phi) is 5.41. The standard InChI is InChI=1S/C34H21F3N2O2/c1-20-14-16-23(27(18-20)34(35,36)37)21-15-17-29-26(19-21)24-10-5-6-12-28(24)39(29)30-13-7-11-25-31(30)33(41)38(32(25)40)22-8-3-2-4-9-22/h2-19H,1H3. The molecule has 0 spiro atoms. The molecule has 0 N–H and O–H groups in total. The van der Waals surface area contributed by atoms with Gasteiger partial charge >= 0.3 is 6.18 Å². The Morgan fingerprint density at radius 2 is 1.37 bits per heavy atom. The highest BCUT2D eigenvalue weighted by molar-refractivity contribution is 6.35. The summed E-state index contributed by atoms with van der Waals surface area (Å²) in [6, 6.07) is 31.0. The third-order valence-electron chi connectivity index (χ3n) is 7.61. The van der Waals surface area contributed by atoms with Crippen molar-refractivity contribution in [3.63, 3.8) is 0 Å². The van der Waals surface area contributed by atoms with Gasteiger partial charge in [-0.15, -0.1) is 0 Å². The summed E-state index contributed by atoms with van der Waals surface area (Å²) in [4.78, 5) is 28.4. The molecular formula is C34H21F3N2O2. The molecule has 0 radical (unpaired) electrons. The number of halogens is 3. The number of benzene rings is 5. The first kappa shape index (κ1) is 24.8. The van der Waals surface area contributed by atoms with Gasteiger partial charge in [0, 0.05) is 10.8 Å². The van der Waals surface area contributed by atoms with Gasteiger partial charge < -0.3 is 4.57 Å². The molecule has 1 aromatic heterocycles. The molecule has 0 fully saturated rings. The SMILES string of the molecule is Cc1ccc(-c2ccc3c(c2)c2ccccc2n3-c2cccc3c2C(=O)N(c2ccccc2)C3=O)c(C(F)(F)F)c1. The van der Waals surface area contributed by atoms with E-state index in [1.54, 1.807) is 73.7 Å². The van der Waals surface area contributed by atoms with Crippen LogP contribution in [0.5, 0.6) is 0 Å². The first-order chi connectivity index (χ1) is 19.7. The maximum absolute atomic E-state index is 14.0. The molecule has 0 unspecified atom stereocenters. The predicted octanol–water partition coefficient (Wildman–Crippen LogP) is 8.58. The first-order valence-corrected chi connectivity index (χ1v) is 13.0. The van der Waals surface area contributed by atoms with Crippen LogP contribution >= 0.6 is 0 Å². The number of carbonyl (C=O) groups is 2. The third kappa shape index (κ3) is 3.77. The van der Waals surface area contributed by atoms with Gasteiger partial charge in [-0.1, -0.05) is 66.2 Å². The molecule has 41 heavy (non-hydrogen) atoms. The van der Waals surface area contributed by atoms with Gasteiger partial charge in [0.1, 0.15) is 0 Å². The van der Waals surface area contributed by atoms with E-state index in [-0.39, 0.29) is 11.1 Å². The Morgan fingerprint density at radius 3 is 2.15 bits per heavy atom. The number of hydrogen-bond acceptors (Lipinski definition) is 2. The fourth-order valence-electron chi connectivity index (χ4n) is 5.81. The average molecular weight is 547 g/mol. The number of hydrogen-bond donors (Lipinski definition) is 0. The fraction of sp³-hybridized carbons (Fsp3) is 0.0588. The topological polar surface area (TPSA) is 42.3 Å². The largest absolute Gasteiger partial charge is 0.417 e. The van der Waals surface area contributed by atoms with Crippen molar-refractivity contribution in [3.05, 3.63) is 131 Å². The second kappa shape index (κ2) is 8.93. The molecule has 2 heterocycles. The van der Waals surface area contributed by atoms with E-state index >= 15 is 0 Å². The van der Waals surface area contributed by atoms with Gasteiger partial charge in [-0.05, 0) is 66.6 Å². The number of aryl methyl sites for hydroxylation is 1. The van der Waals surface area contributed by atoms with Crippen molar-refractivity contribution in [2.45, 2.75) is 13.1 Å². The molecule has 7 heteroatoms. The Hall–Kier alpha value is -5.17. The smallest absolute Gasteiger partial charge is 0.308 e. The maximum atomic E-state index is 14.0. The van der Waals surface area contributed by atoms with Crippen LogP contribution in [0.25, 0.3) is 38.6 Å². The number of alkyl halides is 3. The summed E-state index contributed by atoms with van der Waals surface area (Å²) in [5, 5.41) is 1.56. The van der Waals surface area contributed by atoms with Gasteiger partial charge in [0.2, 0.25) is 0 Å². The highest BCUT2D eigenvalue weighted by atomic mass is 19.4. The van der Waals surface area contributed by atoms with E-state index in [1.165, 1.54) is 11.0 Å². The summed E-state index contributed by atoms with van der Waals surface area (Å²) in [6.45, 7) is 1.64. The highest BCUT2D eigenvalue weighted by Gasteiger charge is 2.39. The lowest BCUT2D eigenvalue weighted by molar-refractivity contribution is -0.137. The number of aromatic nitrogens is 1. The molecule has 200 valence electrons. The lowest BCUT2D eigenvalue weighted by atomic mass is 9.96. The van der Waals surface area contributed by atoms with Crippen LogP contribution in [0.3, 0.4) is 0 Å². The minimum absolute atomic E-state index is 0.0988. The van der Waals surface area contributed by atoms with Gasteiger partial charge in [0.25, 0.3) is 11.8 Å². The first-order valence-electron chi connectivity index (χ1n) is 13.0. The molecule has 1 aliphatic rings. The van der Waals surface area contributed by atoms with E-state index in [1.807, 2.05) is 34.9 Å². The summed E-state index contributed by atoms with van der Waals surface area (Å²) >= 11 is 0. The van der Waals surface area contributed by atoms with Gasteiger partial charge in [0.15, 0.2) is 0 Å². The lowest BCUT2D eigenvalue weighted by Gasteiger charge is -2.15. The third-order valence-corrected chi connectivity index (χ3v) is 7.61. The second-order valence-electron chi connectivity index (χ2n) is 10.1. The molecule has 1 aliphatic heterocycles. The molecule has 2 amide bonds. The number of carbonyl (C=O) groups excluding carboxylic acids is 2. The normalized spacial score (nSPS) is 13.4. The van der Waals surface area contributed by atoms with E-state index in [0.717, 1.165) is 22.4 Å². The number of amides is 2. The summed E-state index contributed by atoms with van der Waals surface area (Å²) in [5.41, 5.74) is 3.45. The zero-order valence-electron chi connectivity index (χ0n) is 21.7. The Balaban J connectivity index is 1.47. The van der Waals surface area contributed by atoms with Gasteiger partial charge in [0.05, 0.1) is 39.1 Å². The summed E-state index contributed by atoms with van der Waals surface area (Å²) in [6.07, 6.45) is -4.51. The van der Waals surface area contributed by atoms with E-state index in [0.29, 0.717) is 33.6 Å². The Labute approximate surface area is 232 Å². The molecule has 0 saturated heterocycles. The lowest BCUT2D eigenvalue weighted by Crippen LogP contribution is -2.29. The minimum Gasteiger partial charge on any atom is -0.308 e. The molecule has 0 bridgehead atoms. The second-order valence-corrected chi connectivity index (χ2v) is 10.1. The van der Waals surface area contributed by atoms with E-state index < -0.39 is 23.6 Å². The highest BCUT2D eigenvalue weighted by Crippen LogP contribution is 2.41. The van der Waals surface area contributed by atoms with E-state index in [4.69, 9.17) is 0 Å². The molecule has 0 aliphatic carbocycles. The maximum Gasteiger partial charge on any atom is 0.417 e. The molecule has 0 atom stereocenters. The fourth-order valence-corrected chi connectivity index (χ4v) is 5.81. The molecule has 0 saturated carbocycles. The van der Waals surface area contributed by atoms with Crippen LogP contribution in [-0.4, -0.2) is 16.4 Å². The van der Waals surface area contributed by atoms with Crippen LogP contribution < -0.4 is 4.90 Å². The van der Waals surface area contributed by atoms with Crippen molar-refractivity contribution >= 4 is 39.3 Å². The van der Waals surface area contributed by atoms with Crippen LogP contribution in [0.1, 0.15) is 31.8 Å². The molecule has 7 rings (SSSR count). The van der Waals surface area contributed by atoms with Crippen LogP contribution in [0.2, 0.25) is 0 Å². The number of anilines is 1. The Morgan fingerprint density at radius 1 is 0.634 bits per heavy atom. The van der Waals surface area contributed by atoms with Crippen molar-refractivity contribution < 1.29 is 22.8 Å². The number of para-hydroxylation sites is 2. The summed E-state index contributed by atoms with van der Waals surface area (Å²) in [7, 11) is 0. The molecule has 5 aromatic carbocycles. The van der Waals surface area contributed by atoms with Crippen molar-refractivity contribution in [1.82, 2.24) is 4.57 Å². The van der Waals surface area contributed by atoms with Gasteiger partial charge in [-0.2, -0.15) is 13.2 Å². The van der Waals surface area contributed by atoms with Crippen molar-refractivity contribution in [2.24, 2.45) is 0 Å². The number of imide groups is 1. The van der Waals surface area contributed by atoms with Crippen LogP contribution in [0.4, 0.5) is 18.9 Å². The van der Waals surface area contributed by atoms with Crippen LogP contribution in [-0.2, 0) is 6.18 Å². The van der Waals surface area contributed by atoms with Gasteiger partial charge in [-0.25, -0.2) is 4.90 Å². The molecular weight excluding hydrogens is 525 g/mol. The Bertz CT molecular complexity index is 2040. The zero-order chi connectivity index (χ0) is 28.5. The minimum atomic E-state index is -4.51. The van der Waals surface area contributed by atoms with Crippen molar-refractivity contribution in [3.8, 4) is 16.8 Å². The number of nitrogens with zero attached hydrogens (tertiary/aromatic N) is 2. The molecule has 6 aromatic rings. The number of rotatable bonds is 3. The van der Waals surface area contributed by atoms with Crippen molar-refractivity contribution in [2.75, 3.05) is 4.90 Å².